The Labute approximate surface area is 179 Å². The summed E-state index contributed by atoms with van der Waals surface area (Å²) in [6.45, 7) is 0.976. The number of benzene rings is 2. The molecule has 1 saturated carbocycles. The highest BCUT2D eigenvalue weighted by molar-refractivity contribution is 6.30. The van der Waals surface area contributed by atoms with Gasteiger partial charge in [0.2, 0.25) is 0 Å². The highest BCUT2D eigenvalue weighted by Crippen LogP contribution is 2.33. The molecule has 0 aliphatic heterocycles. The second-order valence-corrected chi connectivity index (χ2v) is 7.51. The maximum absolute atomic E-state index is 11.7. The first-order chi connectivity index (χ1) is 14.5. The summed E-state index contributed by atoms with van der Waals surface area (Å²) in [7, 11) is 1.28. The number of carbonyl (C=O) groups excluding carboxylic acids is 1. The molecule has 0 saturated heterocycles. The van der Waals surface area contributed by atoms with Crippen molar-refractivity contribution in [2.24, 2.45) is 5.92 Å². The Hall–Kier alpha value is -2.77. The standard InChI is InChI=1S/C22H24ClNO6/c1-28-22(27)24-7-8-29-20(15-3-2-4-18(23)10-15)16-9-17(21(25)26)12-19(11-16)30-13-14-5-6-14/h2-4,9-12,14,20H,5-8,13H2,1H3,(H,24,27)(H,25,26). The molecule has 0 aromatic heterocycles. The first-order valence-corrected chi connectivity index (χ1v) is 10.0. The summed E-state index contributed by atoms with van der Waals surface area (Å²) in [4.78, 5) is 22.9. The van der Waals surface area contributed by atoms with Gasteiger partial charge in [-0.1, -0.05) is 23.7 Å². The van der Waals surface area contributed by atoms with E-state index in [1.165, 1.54) is 13.2 Å². The number of carboxylic acid groups (broad SMARTS) is 1. The molecule has 30 heavy (non-hydrogen) atoms. The van der Waals surface area contributed by atoms with Gasteiger partial charge in [-0.2, -0.15) is 0 Å². The number of aromatic carboxylic acids is 1. The number of hydrogen-bond donors (Lipinski definition) is 2. The van der Waals surface area contributed by atoms with Crippen LogP contribution in [0, 0.1) is 5.92 Å². The zero-order valence-electron chi connectivity index (χ0n) is 16.6. The maximum atomic E-state index is 11.7. The van der Waals surface area contributed by atoms with E-state index in [1.807, 2.05) is 6.07 Å². The van der Waals surface area contributed by atoms with Crippen LogP contribution in [0.4, 0.5) is 4.79 Å². The molecule has 2 N–H and O–H groups in total. The lowest BCUT2D eigenvalue weighted by molar-refractivity contribution is 0.0692. The predicted molar refractivity (Wildman–Crippen MR) is 111 cm³/mol. The van der Waals surface area contributed by atoms with Crippen LogP contribution in [0.2, 0.25) is 5.02 Å². The summed E-state index contributed by atoms with van der Waals surface area (Å²) in [5, 5.41) is 12.6. The van der Waals surface area contributed by atoms with Crippen molar-refractivity contribution in [3.05, 3.63) is 64.2 Å². The fourth-order valence-corrected chi connectivity index (χ4v) is 3.13. The normalized spacial score (nSPS) is 14.1. The van der Waals surface area contributed by atoms with Crippen molar-refractivity contribution >= 4 is 23.7 Å². The molecule has 3 rings (SSSR count). The first-order valence-electron chi connectivity index (χ1n) is 9.66. The molecule has 0 heterocycles. The van der Waals surface area contributed by atoms with Gasteiger partial charge in [-0.3, -0.25) is 0 Å². The van der Waals surface area contributed by atoms with Crippen LogP contribution in [-0.4, -0.2) is 44.0 Å². The Balaban J connectivity index is 1.86. The number of carbonyl (C=O) groups is 2. The minimum absolute atomic E-state index is 0.113. The summed E-state index contributed by atoms with van der Waals surface area (Å²) in [5.74, 6) is -0.0308. The van der Waals surface area contributed by atoms with Gasteiger partial charge < -0.3 is 24.6 Å². The molecule has 1 fully saturated rings. The number of amides is 1. The summed E-state index contributed by atoms with van der Waals surface area (Å²) < 4.78 is 16.4. The van der Waals surface area contributed by atoms with Crippen molar-refractivity contribution < 1.29 is 28.9 Å². The molecular formula is C22H24ClNO6. The van der Waals surface area contributed by atoms with Crippen LogP contribution in [0.15, 0.2) is 42.5 Å². The lowest BCUT2D eigenvalue weighted by Crippen LogP contribution is -2.27. The van der Waals surface area contributed by atoms with Crippen LogP contribution in [0.3, 0.4) is 0 Å². The number of ether oxygens (including phenoxy) is 3. The van der Waals surface area contributed by atoms with Crippen LogP contribution in [-0.2, 0) is 9.47 Å². The van der Waals surface area contributed by atoms with E-state index >= 15 is 0 Å². The predicted octanol–water partition coefficient (Wildman–Crippen LogP) is 4.29. The van der Waals surface area contributed by atoms with Gasteiger partial charge in [0, 0.05) is 11.6 Å². The van der Waals surface area contributed by atoms with Crippen molar-refractivity contribution in [2.75, 3.05) is 26.9 Å². The molecule has 1 atom stereocenters. The summed E-state index contributed by atoms with van der Waals surface area (Å²) in [5.41, 5.74) is 1.50. The topological polar surface area (TPSA) is 94.1 Å². The second-order valence-electron chi connectivity index (χ2n) is 7.07. The molecule has 1 aliphatic carbocycles. The van der Waals surface area contributed by atoms with Crippen molar-refractivity contribution in [1.29, 1.82) is 0 Å². The Morgan fingerprint density at radius 3 is 2.67 bits per heavy atom. The van der Waals surface area contributed by atoms with Crippen molar-refractivity contribution in [2.45, 2.75) is 18.9 Å². The summed E-state index contributed by atoms with van der Waals surface area (Å²) in [6.07, 6.45) is 1.12. The number of carboxylic acids is 1. The molecule has 1 amide bonds. The zero-order chi connectivity index (χ0) is 21.5. The number of halogens is 1. The Kier molecular flexibility index (Phi) is 7.54. The minimum Gasteiger partial charge on any atom is -0.493 e. The van der Waals surface area contributed by atoms with E-state index in [-0.39, 0.29) is 18.7 Å². The minimum atomic E-state index is -1.05. The molecule has 8 heteroatoms. The fraction of sp³-hybridized carbons (Fsp3) is 0.364. The molecule has 0 radical (unpaired) electrons. The lowest BCUT2D eigenvalue weighted by Gasteiger charge is -2.21. The summed E-state index contributed by atoms with van der Waals surface area (Å²) in [6, 6.07) is 12.0. The molecule has 7 nitrogen and oxygen atoms in total. The fourth-order valence-electron chi connectivity index (χ4n) is 2.94. The molecule has 1 unspecified atom stereocenters. The van der Waals surface area contributed by atoms with Gasteiger partial charge >= 0.3 is 12.1 Å². The van der Waals surface area contributed by atoms with Gasteiger partial charge in [0.15, 0.2) is 0 Å². The van der Waals surface area contributed by atoms with Gasteiger partial charge in [0.05, 0.1) is 25.9 Å². The largest absolute Gasteiger partial charge is 0.493 e. The van der Waals surface area contributed by atoms with Gasteiger partial charge in [-0.25, -0.2) is 9.59 Å². The highest BCUT2D eigenvalue weighted by atomic mass is 35.5. The summed E-state index contributed by atoms with van der Waals surface area (Å²) >= 11 is 6.15. The van der Waals surface area contributed by atoms with Crippen molar-refractivity contribution in [1.82, 2.24) is 5.32 Å². The third-order valence-corrected chi connectivity index (χ3v) is 4.89. The third-order valence-electron chi connectivity index (χ3n) is 4.65. The van der Waals surface area contributed by atoms with E-state index in [0.717, 1.165) is 18.4 Å². The van der Waals surface area contributed by atoms with Gasteiger partial charge in [-0.05, 0) is 60.2 Å². The molecule has 2 aromatic rings. The molecule has 0 spiro atoms. The lowest BCUT2D eigenvalue weighted by atomic mass is 9.99. The molecule has 0 bridgehead atoms. The number of rotatable bonds is 10. The Bertz CT molecular complexity index is 899. The average Bonchev–Trinajstić information content (AvgIpc) is 3.56. The van der Waals surface area contributed by atoms with Crippen LogP contribution in [0.1, 0.15) is 40.4 Å². The number of nitrogens with one attached hydrogen (secondary N) is 1. The third kappa shape index (κ3) is 6.37. The molecular weight excluding hydrogens is 410 g/mol. The Morgan fingerprint density at radius 2 is 2.00 bits per heavy atom. The van der Waals surface area contributed by atoms with Gasteiger partial charge in [-0.15, -0.1) is 0 Å². The number of alkyl carbamates (subject to hydrolysis) is 1. The molecule has 2 aromatic carbocycles. The SMILES string of the molecule is COC(=O)NCCOC(c1cccc(Cl)c1)c1cc(OCC2CC2)cc(C(=O)O)c1. The maximum Gasteiger partial charge on any atom is 0.406 e. The van der Waals surface area contributed by atoms with Crippen LogP contribution in [0.25, 0.3) is 0 Å². The zero-order valence-corrected chi connectivity index (χ0v) is 17.4. The molecule has 1 aliphatic rings. The highest BCUT2D eigenvalue weighted by Gasteiger charge is 2.23. The van der Waals surface area contributed by atoms with Crippen LogP contribution < -0.4 is 10.1 Å². The van der Waals surface area contributed by atoms with Gasteiger partial charge in [0.25, 0.3) is 0 Å². The number of methoxy groups -OCH3 is 1. The van der Waals surface area contributed by atoms with Gasteiger partial charge in [0.1, 0.15) is 11.9 Å². The smallest absolute Gasteiger partial charge is 0.406 e. The Morgan fingerprint density at radius 1 is 1.20 bits per heavy atom. The first kappa shape index (κ1) is 21.9. The number of hydrogen-bond acceptors (Lipinski definition) is 5. The van der Waals surface area contributed by atoms with Crippen LogP contribution in [0.5, 0.6) is 5.75 Å². The second kappa shape index (κ2) is 10.3. The van der Waals surface area contributed by atoms with E-state index in [2.05, 4.69) is 10.1 Å². The van der Waals surface area contributed by atoms with Crippen LogP contribution >= 0.6 is 11.6 Å². The van der Waals surface area contributed by atoms with E-state index in [0.29, 0.717) is 28.9 Å². The van der Waals surface area contributed by atoms with E-state index in [9.17, 15) is 14.7 Å². The van der Waals surface area contributed by atoms with Crippen molar-refractivity contribution in [3.8, 4) is 5.75 Å². The van der Waals surface area contributed by atoms with Crippen molar-refractivity contribution in [3.63, 3.8) is 0 Å². The monoisotopic (exact) mass is 433 g/mol. The van der Waals surface area contributed by atoms with E-state index in [1.54, 1.807) is 30.3 Å². The molecule has 160 valence electrons. The van der Waals surface area contributed by atoms with E-state index < -0.39 is 18.2 Å². The quantitative estimate of drug-likeness (QED) is 0.543. The average molecular weight is 434 g/mol. The van der Waals surface area contributed by atoms with E-state index in [4.69, 9.17) is 21.1 Å².